The van der Waals surface area contributed by atoms with Crippen molar-refractivity contribution in [1.29, 1.82) is 0 Å². The fourth-order valence-electron chi connectivity index (χ4n) is 2.27. The van der Waals surface area contributed by atoms with Crippen molar-refractivity contribution < 1.29 is 9.72 Å². The second kappa shape index (κ2) is 6.70. The molecule has 0 unspecified atom stereocenters. The first-order valence-corrected chi connectivity index (χ1v) is 7.28. The molecule has 1 aromatic carbocycles. The largest absolute Gasteiger partial charge is 0.336 e. The van der Waals surface area contributed by atoms with E-state index in [9.17, 15) is 14.9 Å². The summed E-state index contributed by atoms with van der Waals surface area (Å²) in [6, 6.07) is 6.07. The van der Waals surface area contributed by atoms with Crippen LogP contribution in [0.1, 0.15) is 36.0 Å². The summed E-state index contributed by atoms with van der Waals surface area (Å²) < 4.78 is 0. The van der Waals surface area contributed by atoms with Crippen molar-refractivity contribution in [3.63, 3.8) is 0 Å². The summed E-state index contributed by atoms with van der Waals surface area (Å²) in [6.45, 7) is 0.643. The van der Waals surface area contributed by atoms with Crippen molar-refractivity contribution in [3.05, 3.63) is 39.9 Å². The van der Waals surface area contributed by atoms with Crippen LogP contribution in [0.2, 0.25) is 0 Å². The molecule has 0 N–H and O–H groups in total. The minimum absolute atomic E-state index is 0.00231. The van der Waals surface area contributed by atoms with E-state index < -0.39 is 4.92 Å². The smallest absolute Gasteiger partial charge is 0.269 e. The van der Waals surface area contributed by atoms with Crippen LogP contribution in [0.3, 0.4) is 0 Å². The zero-order valence-corrected chi connectivity index (χ0v) is 11.9. The average molecular weight is 297 g/mol. The van der Waals surface area contributed by atoms with E-state index in [4.69, 9.17) is 11.6 Å². The number of nitrogens with zero attached hydrogens (tertiary/aromatic N) is 2. The number of hydrogen-bond donors (Lipinski definition) is 0. The van der Waals surface area contributed by atoms with E-state index in [2.05, 4.69) is 0 Å². The molecule has 1 amide bonds. The fourth-order valence-corrected chi connectivity index (χ4v) is 2.39. The molecule has 0 heterocycles. The van der Waals surface area contributed by atoms with Gasteiger partial charge >= 0.3 is 0 Å². The molecule has 5 nitrogen and oxygen atoms in total. The van der Waals surface area contributed by atoms with Crippen molar-refractivity contribution in [1.82, 2.24) is 4.90 Å². The lowest BCUT2D eigenvalue weighted by molar-refractivity contribution is -0.384. The molecule has 20 heavy (non-hydrogen) atoms. The molecular weight excluding hydrogens is 280 g/mol. The molecule has 2 rings (SSSR count). The first-order chi connectivity index (χ1) is 9.63. The van der Waals surface area contributed by atoms with E-state index in [0.29, 0.717) is 24.0 Å². The molecule has 1 fully saturated rings. The van der Waals surface area contributed by atoms with Gasteiger partial charge in [0.2, 0.25) is 0 Å². The van der Waals surface area contributed by atoms with Gasteiger partial charge in [-0.05, 0) is 37.8 Å². The predicted molar refractivity (Wildman–Crippen MR) is 77.1 cm³/mol. The molecule has 6 heteroatoms. The summed E-state index contributed by atoms with van der Waals surface area (Å²) in [6.07, 6.45) is 3.97. The Morgan fingerprint density at radius 3 is 2.45 bits per heavy atom. The van der Waals surface area contributed by atoms with Gasteiger partial charge in [-0.25, -0.2) is 0 Å². The van der Waals surface area contributed by atoms with Crippen LogP contribution >= 0.6 is 11.6 Å². The van der Waals surface area contributed by atoms with Gasteiger partial charge in [-0.1, -0.05) is 0 Å². The summed E-state index contributed by atoms with van der Waals surface area (Å²) in [7, 11) is 0. The van der Waals surface area contributed by atoms with Gasteiger partial charge in [0.05, 0.1) is 4.92 Å². The molecule has 1 aromatic rings. The Bertz CT molecular complexity index is 486. The molecule has 0 aromatic heterocycles. The van der Waals surface area contributed by atoms with Gasteiger partial charge in [-0.15, -0.1) is 11.6 Å². The SMILES string of the molecule is O=C(c1ccc([N+](=O)[O-])cc1)N(CCCCl)C1CCC1. The van der Waals surface area contributed by atoms with E-state index in [1.165, 1.54) is 24.3 Å². The van der Waals surface area contributed by atoms with Gasteiger partial charge in [0, 0.05) is 36.2 Å². The number of non-ortho nitro benzene ring substituents is 1. The number of halogens is 1. The van der Waals surface area contributed by atoms with E-state index in [1.807, 2.05) is 4.90 Å². The number of carbonyl (C=O) groups is 1. The number of rotatable bonds is 6. The van der Waals surface area contributed by atoms with Crippen molar-refractivity contribution >= 4 is 23.2 Å². The predicted octanol–water partition coefficient (Wildman–Crippen LogP) is 3.22. The number of carbonyl (C=O) groups excluding carboxylic acids is 1. The van der Waals surface area contributed by atoms with Crippen LogP contribution in [0, 0.1) is 10.1 Å². The first-order valence-electron chi connectivity index (χ1n) is 6.75. The Hall–Kier alpha value is -1.62. The Kier molecular flexibility index (Phi) is 4.95. The van der Waals surface area contributed by atoms with Gasteiger partial charge < -0.3 is 4.90 Å². The van der Waals surface area contributed by atoms with Crippen LogP contribution in [0.5, 0.6) is 0 Å². The average Bonchev–Trinajstić information content (AvgIpc) is 2.40. The van der Waals surface area contributed by atoms with Crippen LogP contribution in [-0.4, -0.2) is 34.2 Å². The minimum atomic E-state index is -0.467. The van der Waals surface area contributed by atoms with Gasteiger partial charge in [0.25, 0.3) is 11.6 Å². The van der Waals surface area contributed by atoms with E-state index in [0.717, 1.165) is 25.7 Å². The summed E-state index contributed by atoms with van der Waals surface area (Å²) in [5.74, 6) is 0.464. The van der Waals surface area contributed by atoms with Crippen LogP contribution in [0.4, 0.5) is 5.69 Å². The van der Waals surface area contributed by atoms with Gasteiger partial charge in [-0.3, -0.25) is 14.9 Å². The Labute approximate surface area is 122 Å². The lowest BCUT2D eigenvalue weighted by atomic mass is 9.91. The van der Waals surface area contributed by atoms with Crippen LogP contribution in [-0.2, 0) is 0 Å². The first kappa shape index (κ1) is 14.8. The van der Waals surface area contributed by atoms with Gasteiger partial charge in [-0.2, -0.15) is 0 Å². The van der Waals surface area contributed by atoms with Crippen LogP contribution < -0.4 is 0 Å². The third-order valence-corrected chi connectivity index (χ3v) is 3.90. The standard InChI is InChI=1S/C14H17ClN2O3/c15-9-2-10-16(12-3-1-4-12)14(18)11-5-7-13(8-6-11)17(19)20/h5-8,12H,1-4,9-10H2. The molecule has 0 aliphatic heterocycles. The molecule has 1 aliphatic carbocycles. The van der Waals surface area contributed by atoms with Gasteiger partial charge in [0.15, 0.2) is 0 Å². The van der Waals surface area contributed by atoms with E-state index in [1.54, 1.807) is 0 Å². The zero-order valence-electron chi connectivity index (χ0n) is 11.1. The highest BCUT2D eigenvalue weighted by Crippen LogP contribution is 2.26. The third-order valence-electron chi connectivity index (χ3n) is 3.63. The summed E-state index contributed by atoms with van der Waals surface area (Å²) in [5, 5.41) is 10.6. The minimum Gasteiger partial charge on any atom is -0.336 e. The fraction of sp³-hybridized carbons (Fsp3) is 0.500. The van der Waals surface area contributed by atoms with E-state index >= 15 is 0 Å². The molecule has 0 bridgehead atoms. The number of nitro benzene ring substituents is 1. The number of hydrogen-bond acceptors (Lipinski definition) is 3. The van der Waals surface area contributed by atoms with Crippen molar-refractivity contribution in [2.75, 3.05) is 12.4 Å². The molecule has 1 aliphatic rings. The number of nitro groups is 1. The van der Waals surface area contributed by atoms with Crippen LogP contribution in [0.25, 0.3) is 0 Å². The zero-order chi connectivity index (χ0) is 14.5. The Balaban J connectivity index is 2.11. The highest BCUT2D eigenvalue weighted by molar-refractivity contribution is 6.17. The third kappa shape index (κ3) is 3.28. The van der Waals surface area contributed by atoms with Crippen LogP contribution in [0.15, 0.2) is 24.3 Å². The summed E-state index contributed by atoms with van der Waals surface area (Å²) in [4.78, 5) is 24.5. The number of alkyl halides is 1. The molecule has 108 valence electrons. The molecule has 0 saturated heterocycles. The highest BCUT2D eigenvalue weighted by Gasteiger charge is 2.29. The summed E-state index contributed by atoms with van der Waals surface area (Å²) >= 11 is 5.70. The maximum absolute atomic E-state index is 12.5. The second-order valence-corrected chi connectivity index (χ2v) is 5.31. The molecule has 1 saturated carbocycles. The molecular formula is C14H17ClN2O3. The Morgan fingerprint density at radius 2 is 2.00 bits per heavy atom. The van der Waals surface area contributed by atoms with Crippen molar-refractivity contribution in [2.45, 2.75) is 31.7 Å². The maximum atomic E-state index is 12.5. The molecule has 0 radical (unpaired) electrons. The highest BCUT2D eigenvalue weighted by atomic mass is 35.5. The number of benzene rings is 1. The topological polar surface area (TPSA) is 63.4 Å². The van der Waals surface area contributed by atoms with Crippen molar-refractivity contribution in [2.24, 2.45) is 0 Å². The number of amides is 1. The molecule has 0 atom stereocenters. The maximum Gasteiger partial charge on any atom is 0.269 e. The lowest BCUT2D eigenvalue weighted by Crippen LogP contribution is -2.44. The second-order valence-electron chi connectivity index (χ2n) is 4.93. The lowest BCUT2D eigenvalue weighted by Gasteiger charge is -2.37. The normalized spacial score (nSPS) is 14.7. The molecule has 0 spiro atoms. The quantitative estimate of drug-likeness (QED) is 0.460. The van der Waals surface area contributed by atoms with Crippen molar-refractivity contribution in [3.8, 4) is 0 Å². The van der Waals surface area contributed by atoms with Gasteiger partial charge in [0.1, 0.15) is 0 Å². The monoisotopic (exact) mass is 296 g/mol. The van der Waals surface area contributed by atoms with E-state index in [-0.39, 0.29) is 11.6 Å². The Morgan fingerprint density at radius 1 is 1.35 bits per heavy atom. The summed E-state index contributed by atoms with van der Waals surface area (Å²) in [5.41, 5.74) is 0.495.